The first kappa shape index (κ1) is 25.5. The highest BCUT2D eigenvalue weighted by Gasteiger charge is 2.36. The lowest BCUT2D eigenvalue weighted by molar-refractivity contribution is 0.654. The van der Waals surface area contributed by atoms with E-state index in [2.05, 4.69) is 164 Å². The maximum atomic E-state index is 3.72. The van der Waals surface area contributed by atoms with Crippen LogP contribution in [0.25, 0.3) is 5.57 Å². The molecule has 6 rings (SSSR count). The van der Waals surface area contributed by atoms with Gasteiger partial charge in [-0.1, -0.05) is 114 Å². The summed E-state index contributed by atoms with van der Waals surface area (Å²) in [6.07, 6.45) is 5.52. The van der Waals surface area contributed by atoms with Gasteiger partial charge in [-0.3, -0.25) is 0 Å². The molecule has 0 saturated heterocycles. The Labute approximate surface area is 237 Å². The topological polar surface area (TPSA) is 24.1 Å². The van der Waals surface area contributed by atoms with Crippen molar-refractivity contribution in [1.82, 2.24) is 0 Å². The van der Waals surface area contributed by atoms with Gasteiger partial charge in [-0.25, -0.2) is 0 Å². The number of nitrogens with one attached hydrogen (secondary N) is 2. The van der Waals surface area contributed by atoms with Crippen LogP contribution >= 0.6 is 0 Å². The molecular formula is C38H34N2. The third-order valence-electron chi connectivity index (χ3n) is 7.73. The van der Waals surface area contributed by atoms with Crippen LogP contribution in [0.2, 0.25) is 0 Å². The van der Waals surface area contributed by atoms with E-state index in [0.29, 0.717) is 0 Å². The molecule has 0 heterocycles. The molecule has 1 unspecified atom stereocenters. The fourth-order valence-electron chi connectivity index (χ4n) is 5.67. The fourth-order valence-corrected chi connectivity index (χ4v) is 5.67. The van der Waals surface area contributed by atoms with Crippen molar-refractivity contribution < 1.29 is 0 Å². The van der Waals surface area contributed by atoms with Crippen LogP contribution in [-0.2, 0) is 5.41 Å². The minimum Gasteiger partial charge on any atom is -0.356 e. The van der Waals surface area contributed by atoms with Crippen LogP contribution in [-0.4, -0.2) is 0 Å². The maximum Gasteiger partial charge on any atom is 0.0427 e. The number of aryl methyl sites for hydroxylation is 2. The summed E-state index contributed by atoms with van der Waals surface area (Å²) in [5.41, 5.74) is 11.8. The molecule has 0 saturated carbocycles. The van der Waals surface area contributed by atoms with Crippen molar-refractivity contribution in [2.45, 2.75) is 25.7 Å². The Kier molecular flexibility index (Phi) is 7.08. The average Bonchev–Trinajstić information content (AvgIpc) is 2.99. The zero-order valence-corrected chi connectivity index (χ0v) is 23.1. The number of para-hydroxylation sites is 2. The molecular weight excluding hydrogens is 484 g/mol. The lowest BCUT2D eigenvalue weighted by Gasteiger charge is -2.37. The smallest absolute Gasteiger partial charge is 0.0427 e. The molecule has 1 aliphatic carbocycles. The van der Waals surface area contributed by atoms with Crippen molar-refractivity contribution in [3.05, 3.63) is 179 Å². The summed E-state index contributed by atoms with van der Waals surface area (Å²) >= 11 is 0. The Morgan fingerprint density at radius 2 is 1.12 bits per heavy atom. The van der Waals surface area contributed by atoms with E-state index in [9.17, 15) is 0 Å². The second kappa shape index (κ2) is 11.1. The Morgan fingerprint density at radius 3 is 1.77 bits per heavy atom. The third-order valence-corrected chi connectivity index (χ3v) is 7.73. The summed E-state index contributed by atoms with van der Waals surface area (Å²) < 4.78 is 0. The summed E-state index contributed by atoms with van der Waals surface area (Å²) in [6, 6.07) is 47.5. The van der Waals surface area contributed by atoms with Gasteiger partial charge in [0.05, 0.1) is 0 Å². The van der Waals surface area contributed by atoms with Gasteiger partial charge in [0.25, 0.3) is 0 Å². The zero-order valence-electron chi connectivity index (χ0n) is 23.1. The largest absolute Gasteiger partial charge is 0.356 e. The molecule has 5 aromatic carbocycles. The SMILES string of the molecule is Cc1cccc(C2=C(Nc3ccccc3)C=CC(c3ccc(Nc4ccccc4)cc3)(c3cccc(C)c3)C2)c1. The van der Waals surface area contributed by atoms with E-state index in [1.807, 2.05) is 6.07 Å². The fraction of sp³-hybridized carbons (Fsp3) is 0.105. The number of benzene rings is 5. The van der Waals surface area contributed by atoms with Crippen LogP contribution in [0.4, 0.5) is 17.1 Å². The maximum absolute atomic E-state index is 3.72. The van der Waals surface area contributed by atoms with Gasteiger partial charge in [-0.05, 0) is 85.0 Å². The number of anilines is 3. The Bertz CT molecular complexity index is 1660. The highest BCUT2D eigenvalue weighted by atomic mass is 14.9. The summed E-state index contributed by atoms with van der Waals surface area (Å²) in [4.78, 5) is 0. The molecule has 5 aromatic rings. The molecule has 1 aliphatic rings. The first-order valence-corrected chi connectivity index (χ1v) is 13.9. The highest BCUT2D eigenvalue weighted by molar-refractivity contribution is 5.79. The van der Waals surface area contributed by atoms with Gasteiger partial charge in [0, 0.05) is 28.2 Å². The molecule has 1 atom stereocenters. The number of hydrogen-bond acceptors (Lipinski definition) is 2. The molecule has 0 bridgehead atoms. The summed E-state index contributed by atoms with van der Waals surface area (Å²) in [6.45, 7) is 4.34. The Hall–Kier alpha value is -4.82. The van der Waals surface area contributed by atoms with Gasteiger partial charge < -0.3 is 10.6 Å². The third kappa shape index (κ3) is 5.34. The van der Waals surface area contributed by atoms with E-state index >= 15 is 0 Å². The van der Waals surface area contributed by atoms with E-state index in [0.717, 1.165) is 29.2 Å². The Morgan fingerprint density at radius 1 is 0.525 bits per heavy atom. The van der Waals surface area contributed by atoms with Crippen LogP contribution in [0, 0.1) is 13.8 Å². The molecule has 40 heavy (non-hydrogen) atoms. The molecule has 0 amide bonds. The van der Waals surface area contributed by atoms with Gasteiger partial charge in [0.15, 0.2) is 0 Å². The molecule has 0 aliphatic heterocycles. The summed E-state index contributed by atoms with van der Waals surface area (Å²) in [7, 11) is 0. The first-order valence-electron chi connectivity index (χ1n) is 13.9. The zero-order chi connectivity index (χ0) is 27.4. The quantitative estimate of drug-likeness (QED) is 0.224. The van der Waals surface area contributed by atoms with Crippen LogP contribution in [0.5, 0.6) is 0 Å². The second-order valence-corrected chi connectivity index (χ2v) is 10.7. The molecule has 0 fully saturated rings. The van der Waals surface area contributed by atoms with E-state index in [1.54, 1.807) is 0 Å². The lowest BCUT2D eigenvalue weighted by Crippen LogP contribution is -2.29. The molecule has 0 radical (unpaired) electrons. The van der Waals surface area contributed by atoms with Crippen molar-refractivity contribution in [3.8, 4) is 0 Å². The van der Waals surface area contributed by atoms with E-state index < -0.39 is 0 Å². The highest BCUT2D eigenvalue weighted by Crippen LogP contribution is 2.46. The van der Waals surface area contributed by atoms with Crippen molar-refractivity contribution >= 4 is 22.6 Å². The van der Waals surface area contributed by atoms with E-state index in [-0.39, 0.29) is 5.41 Å². The van der Waals surface area contributed by atoms with Crippen molar-refractivity contribution in [2.75, 3.05) is 10.6 Å². The van der Waals surface area contributed by atoms with Gasteiger partial charge in [-0.15, -0.1) is 0 Å². The predicted octanol–water partition coefficient (Wildman–Crippen LogP) is 9.82. The van der Waals surface area contributed by atoms with Gasteiger partial charge in [0.1, 0.15) is 0 Å². The molecule has 196 valence electrons. The van der Waals surface area contributed by atoms with Crippen LogP contribution in [0.3, 0.4) is 0 Å². The van der Waals surface area contributed by atoms with Crippen LogP contribution in [0.1, 0.15) is 34.2 Å². The number of rotatable bonds is 7. The summed E-state index contributed by atoms with van der Waals surface area (Å²) in [5.74, 6) is 0. The summed E-state index contributed by atoms with van der Waals surface area (Å²) in [5, 5.41) is 7.25. The van der Waals surface area contributed by atoms with E-state index in [4.69, 9.17) is 0 Å². The number of hydrogen-bond donors (Lipinski definition) is 2. The Balaban J connectivity index is 1.45. The average molecular weight is 519 g/mol. The standard InChI is InChI=1S/C38H34N2/c1-28-11-9-13-30(25-28)36-27-38(32-14-10-12-29(2)26-32,24-23-37(36)40-34-17-7-4-8-18-34)31-19-21-35(22-20-31)39-33-15-5-3-6-16-33/h3-26,39-40H,27H2,1-2H3. The first-order chi connectivity index (χ1) is 19.6. The molecule has 2 N–H and O–H groups in total. The van der Waals surface area contributed by atoms with Crippen molar-refractivity contribution in [3.63, 3.8) is 0 Å². The van der Waals surface area contributed by atoms with Crippen LogP contribution in [0.15, 0.2) is 151 Å². The van der Waals surface area contributed by atoms with Gasteiger partial charge >= 0.3 is 0 Å². The van der Waals surface area contributed by atoms with E-state index in [1.165, 1.54) is 33.4 Å². The van der Waals surface area contributed by atoms with Crippen molar-refractivity contribution in [2.24, 2.45) is 0 Å². The van der Waals surface area contributed by atoms with Gasteiger partial charge in [0.2, 0.25) is 0 Å². The lowest BCUT2D eigenvalue weighted by atomic mass is 9.66. The minimum absolute atomic E-state index is 0.307. The minimum atomic E-state index is -0.307. The molecule has 2 heteroatoms. The monoisotopic (exact) mass is 518 g/mol. The normalized spacial score (nSPS) is 16.6. The molecule has 2 nitrogen and oxygen atoms in total. The second-order valence-electron chi connectivity index (χ2n) is 10.7. The van der Waals surface area contributed by atoms with Gasteiger partial charge in [-0.2, -0.15) is 0 Å². The molecule has 0 spiro atoms. The molecule has 0 aromatic heterocycles. The van der Waals surface area contributed by atoms with Crippen molar-refractivity contribution in [1.29, 1.82) is 0 Å². The van der Waals surface area contributed by atoms with Crippen LogP contribution < -0.4 is 10.6 Å². The predicted molar refractivity (Wildman–Crippen MR) is 170 cm³/mol. The number of allylic oxidation sites excluding steroid dienone is 3.